The molecule has 0 radical (unpaired) electrons. The number of ketones is 1. The molecule has 2 nitrogen and oxygen atoms in total. The Morgan fingerprint density at radius 1 is 1.00 bits per heavy atom. The normalized spacial score (nSPS) is 10.9. The molecule has 0 atom stereocenters. The summed E-state index contributed by atoms with van der Waals surface area (Å²) in [7, 11) is 0. The van der Waals surface area contributed by atoms with E-state index in [0.29, 0.717) is 26.6 Å². The number of furan rings is 1. The second kappa shape index (κ2) is 4.93. The van der Waals surface area contributed by atoms with E-state index in [1.54, 1.807) is 12.1 Å². The molecule has 100 valence electrons. The molecule has 3 aromatic rings. The summed E-state index contributed by atoms with van der Waals surface area (Å²) in [5.41, 5.74) is 0.814. The number of benzene rings is 2. The van der Waals surface area contributed by atoms with Crippen molar-refractivity contribution in [3.63, 3.8) is 0 Å². The molecule has 2 aromatic carbocycles. The van der Waals surface area contributed by atoms with Crippen molar-refractivity contribution in [2.45, 2.75) is 0 Å². The fourth-order valence-corrected chi connectivity index (χ4v) is 2.20. The van der Waals surface area contributed by atoms with Crippen molar-refractivity contribution < 1.29 is 13.6 Å². The van der Waals surface area contributed by atoms with E-state index >= 15 is 0 Å². The summed E-state index contributed by atoms with van der Waals surface area (Å²) in [4.78, 5) is 12.3. The highest BCUT2D eigenvalue weighted by Gasteiger charge is 2.16. The smallest absolute Gasteiger partial charge is 0.228 e. The van der Waals surface area contributed by atoms with Crippen LogP contribution in [0.2, 0.25) is 10.0 Å². The first-order chi connectivity index (χ1) is 9.54. The number of fused-ring (bicyclic) bond motifs is 1. The molecule has 0 saturated carbocycles. The number of carbonyl (C=O) groups is 1. The summed E-state index contributed by atoms with van der Waals surface area (Å²) in [6.07, 6.45) is 0. The van der Waals surface area contributed by atoms with Crippen LogP contribution in [0.3, 0.4) is 0 Å². The third-order valence-corrected chi connectivity index (χ3v) is 3.62. The van der Waals surface area contributed by atoms with Crippen LogP contribution in [0.15, 0.2) is 46.9 Å². The van der Waals surface area contributed by atoms with Crippen molar-refractivity contribution in [3.8, 4) is 0 Å². The lowest BCUT2D eigenvalue weighted by Gasteiger charge is -1.99. The highest BCUT2D eigenvalue weighted by molar-refractivity contribution is 6.42. The number of hydrogen-bond donors (Lipinski definition) is 0. The first-order valence-electron chi connectivity index (χ1n) is 5.73. The van der Waals surface area contributed by atoms with Crippen molar-refractivity contribution in [1.82, 2.24) is 0 Å². The fourth-order valence-electron chi connectivity index (χ4n) is 1.91. The summed E-state index contributed by atoms with van der Waals surface area (Å²) in [5.74, 6) is -0.587. The van der Waals surface area contributed by atoms with Crippen LogP contribution in [0.1, 0.15) is 16.1 Å². The lowest BCUT2D eigenvalue weighted by atomic mass is 10.1. The molecule has 0 aliphatic rings. The summed E-state index contributed by atoms with van der Waals surface area (Å²) in [6.45, 7) is 0. The monoisotopic (exact) mass is 308 g/mol. The van der Waals surface area contributed by atoms with Gasteiger partial charge in [-0.05, 0) is 42.5 Å². The highest BCUT2D eigenvalue weighted by Crippen LogP contribution is 2.26. The lowest BCUT2D eigenvalue weighted by Crippen LogP contribution is -1.99. The van der Waals surface area contributed by atoms with Crippen LogP contribution < -0.4 is 0 Å². The lowest BCUT2D eigenvalue weighted by molar-refractivity contribution is 0.101. The van der Waals surface area contributed by atoms with Crippen LogP contribution in [0.5, 0.6) is 0 Å². The highest BCUT2D eigenvalue weighted by atomic mass is 35.5. The third kappa shape index (κ3) is 2.30. The molecule has 20 heavy (non-hydrogen) atoms. The van der Waals surface area contributed by atoms with E-state index in [1.165, 1.54) is 30.3 Å². The molecular formula is C15H7Cl2FO2. The largest absolute Gasteiger partial charge is 0.453 e. The number of rotatable bonds is 2. The van der Waals surface area contributed by atoms with Gasteiger partial charge in [0, 0.05) is 10.9 Å². The maximum atomic E-state index is 13.1. The molecule has 3 rings (SSSR count). The van der Waals surface area contributed by atoms with Gasteiger partial charge in [0.25, 0.3) is 0 Å². The van der Waals surface area contributed by atoms with Gasteiger partial charge in [0.05, 0.1) is 10.0 Å². The van der Waals surface area contributed by atoms with Gasteiger partial charge in [0.15, 0.2) is 5.76 Å². The Bertz CT molecular complexity index is 824. The van der Waals surface area contributed by atoms with Gasteiger partial charge in [-0.3, -0.25) is 4.79 Å². The van der Waals surface area contributed by atoms with Gasteiger partial charge in [-0.2, -0.15) is 0 Å². The van der Waals surface area contributed by atoms with Crippen LogP contribution in [0.25, 0.3) is 11.0 Å². The predicted octanol–water partition coefficient (Wildman–Crippen LogP) is 5.11. The van der Waals surface area contributed by atoms with Crippen LogP contribution >= 0.6 is 23.2 Å². The van der Waals surface area contributed by atoms with E-state index in [1.807, 2.05) is 0 Å². The maximum Gasteiger partial charge on any atom is 0.228 e. The Morgan fingerprint density at radius 2 is 1.80 bits per heavy atom. The molecule has 0 bridgehead atoms. The molecule has 0 fully saturated rings. The van der Waals surface area contributed by atoms with E-state index in [0.717, 1.165) is 0 Å². The van der Waals surface area contributed by atoms with E-state index in [2.05, 4.69) is 0 Å². The summed E-state index contributed by atoms with van der Waals surface area (Å²) in [6, 6.07) is 10.1. The van der Waals surface area contributed by atoms with Crippen molar-refractivity contribution in [2.24, 2.45) is 0 Å². The Labute approximate surface area is 123 Å². The van der Waals surface area contributed by atoms with Crippen molar-refractivity contribution >= 4 is 40.0 Å². The van der Waals surface area contributed by atoms with Crippen LogP contribution in [-0.4, -0.2) is 5.78 Å². The SMILES string of the molecule is O=C(c1ccc(Cl)c(Cl)c1)c1cc2cc(F)ccc2o1. The number of hydrogen-bond acceptors (Lipinski definition) is 2. The first kappa shape index (κ1) is 13.2. The molecule has 0 N–H and O–H groups in total. The quantitative estimate of drug-likeness (QED) is 0.616. The molecule has 0 saturated heterocycles. The average molecular weight is 309 g/mol. The van der Waals surface area contributed by atoms with Gasteiger partial charge in [0.1, 0.15) is 11.4 Å². The van der Waals surface area contributed by atoms with E-state index in [9.17, 15) is 9.18 Å². The molecule has 1 heterocycles. The molecule has 5 heteroatoms. The predicted molar refractivity (Wildman–Crippen MR) is 76.1 cm³/mol. The fraction of sp³-hybridized carbons (Fsp3) is 0. The number of carbonyl (C=O) groups excluding carboxylic acids is 1. The molecule has 0 amide bonds. The maximum absolute atomic E-state index is 13.1. The second-order valence-corrected chi connectivity index (χ2v) is 5.07. The Morgan fingerprint density at radius 3 is 2.55 bits per heavy atom. The average Bonchev–Trinajstić information content (AvgIpc) is 2.84. The number of halogens is 3. The van der Waals surface area contributed by atoms with Crippen molar-refractivity contribution in [2.75, 3.05) is 0 Å². The molecule has 0 spiro atoms. The Balaban J connectivity index is 2.05. The molecule has 0 aliphatic heterocycles. The third-order valence-electron chi connectivity index (χ3n) is 2.88. The van der Waals surface area contributed by atoms with Crippen molar-refractivity contribution in [1.29, 1.82) is 0 Å². The van der Waals surface area contributed by atoms with Gasteiger partial charge in [-0.1, -0.05) is 23.2 Å². The van der Waals surface area contributed by atoms with Gasteiger partial charge < -0.3 is 4.42 Å². The molecule has 1 aromatic heterocycles. The Hall–Kier alpha value is -1.84. The van der Waals surface area contributed by atoms with Crippen molar-refractivity contribution in [3.05, 3.63) is 69.7 Å². The minimum atomic E-state index is -0.383. The first-order valence-corrected chi connectivity index (χ1v) is 6.49. The van der Waals surface area contributed by atoms with E-state index in [4.69, 9.17) is 27.6 Å². The van der Waals surface area contributed by atoms with Crippen LogP contribution in [0, 0.1) is 5.82 Å². The topological polar surface area (TPSA) is 30.2 Å². The minimum Gasteiger partial charge on any atom is -0.453 e. The standard InChI is InChI=1S/C15H7Cl2FO2/c16-11-3-1-8(6-12(11)17)15(19)14-7-9-5-10(18)2-4-13(9)20-14/h1-7H. The van der Waals surface area contributed by atoms with E-state index < -0.39 is 0 Å². The van der Waals surface area contributed by atoms with Gasteiger partial charge in [-0.15, -0.1) is 0 Å². The van der Waals surface area contributed by atoms with Crippen LogP contribution in [0.4, 0.5) is 4.39 Å². The van der Waals surface area contributed by atoms with Gasteiger partial charge >= 0.3 is 0 Å². The summed E-state index contributed by atoms with van der Waals surface area (Å²) >= 11 is 11.7. The van der Waals surface area contributed by atoms with Gasteiger partial charge in [-0.25, -0.2) is 4.39 Å². The molecular weight excluding hydrogens is 302 g/mol. The van der Waals surface area contributed by atoms with E-state index in [-0.39, 0.29) is 17.4 Å². The zero-order valence-corrected chi connectivity index (χ0v) is 11.5. The molecule has 0 unspecified atom stereocenters. The Kier molecular flexibility index (Phi) is 3.24. The summed E-state index contributed by atoms with van der Waals surface area (Å²) in [5, 5.41) is 1.20. The minimum absolute atomic E-state index is 0.129. The van der Waals surface area contributed by atoms with Crippen LogP contribution in [-0.2, 0) is 0 Å². The van der Waals surface area contributed by atoms with Gasteiger partial charge in [0.2, 0.25) is 5.78 Å². The zero-order valence-electron chi connectivity index (χ0n) is 9.99. The zero-order chi connectivity index (χ0) is 14.3. The summed E-state index contributed by atoms with van der Waals surface area (Å²) < 4.78 is 18.5. The molecule has 0 aliphatic carbocycles. The second-order valence-electron chi connectivity index (χ2n) is 4.25.